The van der Waals surface area contributed by atoms with Crippen molar-refractivity contribution in [3.63, 3.8) is 0 Å². The lowest BCUT2D eigenvalue weighted by Gasteiger charge is -2.22. The topological polar surface area (TPSA) is 9.23 Å². The van der Waals surface area contributed by atoms with Crippen LogP contribution in [0.4, 0.5) is 0 Å². The van der Waals surface area contributed by atoms with Gasteiger partial charge in [-0.15, -0.1) is 0 Å². The van der Waals surface area contributed by atoms with E-state index in [1.54, 1.807) is 0 Å². The molecule has 1 heterocycles. The van der Waals surface area contributed by atoms with Gasteiger partial charge in [-0.3, -0.25) is 0 Å². The summed E-state index contributed by atoms with van der Waals surface area (Å²) in [6.07, 6.45) is 0. The van der Waals surface area contributed by atoms with Gasteiger partial charge in [-0.2, -0.15) is 0 Å². The lowest BCUT2D eigenvalue weighted by atomic mass is 9.93. The van der Waals surface area contributed by atoms with E-state index in [-0.39, 0.29) is 0 Å². The second-order valence-electron chi connectivity index (χ2n) is 4.71. The van der Waals surface area contributed by atoms with E-state index in [1.165, 1.54) is 27.5 Å². The molecule has 0 aromatic heterocycles. The predicted molar refractivity (Wildman–Crippen MR) is 74.2 cm³/mol. The number of fused-ring (bicyclic) bond motifs is 2. The molecule has 3 aromatic rings. The minimum absolute atomic E-state index is 0.963. The van der Waals surface area contributed by atoms with Crippen molar-refractivity contribution in [2.45, 2.75) is 6.92 Å². The summed E-state index contributed by atoms with van der Waals surface area (Å²) in [5.41, 5.74) is 3.64. The third-order valence-electron chi connectivity index (χ3n) is 3.58. The van der Waals surface area contributed by atoms with Crippen LogP contribution in [0.2, 0.25) is 0 Å². The molecule has 0 atom stereocenters. The first kappa shape index (κ1) is 9.72. The van der Waals surface area contributed by atoms with Gasteiger partial charge < -0.3 is 4.74 Å². The lowest BCUT2D eigenvalue weighted by Crippen LogP contribution is -1.98. The van der Waals surface area contributed by atoms with Crippen LogP contribution in [0.5, 0.6) is 11.5 Å². The monoisotopic (exact) mass is 232 g/mol. The van der Waals surface area contributed by atoms with Crippen LogP contribution >= 0.6 is 0 Å². The summed E-state index contributed by atoms with van der Waals surface area (Å²) in [5, 5.41) is 2.45. The molecule has 0 amide bonds. The third-order valence-corrected chi connectivity index (χ3v) is 3.58. The molecule has 3 aromatic carbocycles. The summed E-state index contributed by atoms with van der Waals surface area (Å²) in [6.45, 7) is 2.09. The number of benzene rings is 3. The average molecular weight is 232 g/mol. The van der Waals surface area contributed by atoms with E-state index < -0.39 is 0 Å². The van der Waals surface area contributed by atoms with Gasteiger partial charge in [0.05, 0.1) is 0 Å². The Morgan fingerprint density at radius 3 is 2.39 bits per heavy atom. The normalized spacial score (nSPS) is 12.1. The van der Waals surface area contributed by atoms with Crippen molar-refractivity contribution < 1.29 is 4.74 Å². The van der Waals surface area contributed by atoms with Gasteiger partial charge in [-0.05, 0) is 29.5 Å². The van der Waals surface area contributed by atoms with Crippen LogP contribution in [-0.2, 0) is 0 Å². The zero-order valence-electron chi connectivity index (χ0n) is 10.1. The van der Waals surface area contributed by atoms with Crippen molar-refractivity contribution in [2.75, 3.05) is 0 Å². The Bertz CT molecular complexity index is 766. The van der Waals surface area contributed by atoms with Crippen molar-refractivity contribution in [3.05, 3.63) is 60.2 Å². The van der Waals surface area contributed by atoms with Crippen molar-refractivity contribution in [1.82, 2.24) is 0 Å². The maximum atomic E-state index is 6.08. The standard InChI is InChI=1S/C17H12O/c1-11-5-2-9-14-13-8-3-6-12-7-4-10-15(16(12)13)18-17(11)14/h2-10H,1H3. The summed E-state index contributed by atoms with van der Waals surface area (Å²) >= 11 is 0. The minimum atomic E-state index is 0.963. The van der Waals surface area contributed by atoms with E-state index in [4.69, 9.17) is 4.74 Å². The van der Waals surface area contributed by atoms with E-state index in [0.29, 0.717) is 0 Å². The van der Waals surface area contributed by atoms with Crippen LogP contribution in [0, 0.1) is 6.92 Å². The number of para-hydroxylation sites is 1. The highest BCUT2D eigenvalue weighted by Gasteiger charge is 2.20. The largest absolute Gasteiger partial charge is 0.456 e. The highest BCUT2D eigenvalue weighted by atomic mass is 16.5. The highest BCUT2D eigenvalue weighted by molar-refractivity contribution is 6.04. The van der Waals surface area contributed by atoms with E-state index in [1.807, 2.05) is 12.1 Å². The molecule has 0 saturated heterocycles. The fraction of sp³-hybridized carbons (Fsp3) is 0.0588. The van der Waals surface area contributed by atoms with Crippen LogP contribution < -0.4 is 4.74 Å². The number of ether oxygens (including phenoxy) is 1. The Labute approximate surface area is 106 Å². The zero-order chi connectivity index (χ0) is 12.1. The molecule has 0 spiro atoms. The van der Waals surface area contributed by atoms with Crippen LogP contribution in [0.15, 0.2) is 54.6 Å². The number of aryl methyl sites for hydroxylation is 1. The van der Waals surface area contributed by atoms with Crippen LogP contribution in [0.1, 0.15) is 5.56 Å². The van der Waals surface area contributed by atoms with Crippen molar-refractivity contribution in [1.29, 1.82) is 0 Å². The van der Waals surface area contributed by atoms with E-state index in [9.17, 15) is 0 Å². The third kappa shape index (κ3) is 1.16. The summed E-state index contributed by atoms with van der Waals surface area (Å²) in [6, 6.07) is 18.9. The molecule has 1 heteroatoms. The number of rotatable bonds is 0. The first-order valence-corrected chi connectivity index (χ1v) is 6.14. The van der Waals surface area contributed by atoms with Crippen LogP contribution in [-0.4, -0.2) is 0 Å². The summed E-state index contributed by atoms with van der Waals surface area (Å²) in [5.74, 6) is 1.95. The molecule has 0 bridgehead atoms. The number of hydrogen-bond donors (Lipinski definition) is 0. The summed E-state index contributed by atoms with van der Waals surface area (Å²) in [4.78, 5) is 0. The van der Waals surface area contributed by atoms with Gasteiger partial charge in [0, 0.05) is 10.9 Å². The molecule has 1 nitrogen and oxygen atoms in total. The van der Waals surface area contributed by atoms with Gasteiger partial charge in [0.15, 0.2) is 0 Å². The second kappa shape index (κ2) is 3.36. The molecule has 0 radical (unpaired) electrons. The smallest absolute Gasteiger partial charge is 0.138 e. The maximum absolute atomic E-state index is 6.08. The summed E-state index contributed by atoms with van der Waals surface area (Å²) in [7, 11) is 0. The predicted octanol–water partition coefficient (Wildman–Crippen LogP) is 4.92. The second-order valence-corrected chi connectivity index (χ2v) is 4.71. The molecule has 18 heavy (non-hydrogen) atoms. The summed E-state index contributed by atoms with van der Waals surface area (Å²) < 4.78 is 6.08. The Morgan fingerprint density at radius 2 is 1.50 bits per heavy atom. The van der Waals surface area contributed by atoms with Crippen LogP contribution in [0.25, 0.3) is 21.9 Å². The maximum Gasteiger partial charge on any atom is 0.138 e. The molecule has 0 unspecified atom stereocenters. The van der Waals surface area contributed by atoms with Crippen molar-refractivity contribution in [2.24, 2.45) is 0 Å². The minimum Gasteiger partial charge on any atom is -0.456 e. The van der Waals surface area contributed by atoms with Crippen LogP contribution in [0.3, 0.4) is 0 Å². The first-order chi connectivity index (χ1) is 8.84. The Morgan fingerprint density at radius 1 is 0.778 bits per heavy atom. The average Bonchev–Trinajstić information content (AvgIpc) is 2.41. The molecule has 0 N–H and O–H groups in total. The van der Waals surface area contributed by atoms with E-state index >= 15 is 0 Å². The Balaban J connectivity index is 2.21. The SMILES string of the molecule is Cc1cccc2c1Oc1cccc3cccc-2c13. The molecule has 0 fully saturated rings. The van der Waals surface area contributed by atoms with Gasteiger partial charge in [0.25, 0.3) is 0 Å². The molecule has 1 aliphatic heterocycles. The lowest BCUT2D eigenvalue weighted by molar-refractivity contribution is 0.483. The molecule has 4 rings (SSSR count). The van der Waals surface area contributed by atoms with Gasteiger partial charge in [-0.1, -0.05) is 48.5 Å². The van der Waals surface area contributed by atoms with Crippen molar-refractivity contribution >= 4 is 10.8 Å². The Hall–Kier alpha value is -2.28. The van der Waals surface area contributed by atoms with Gasteiger partial charge in [0.1, 0.15) is 11.5 Å². The fourth-order valence-corrected chi connectivity index (χ4v) is 2.73. The van der Waals surface area contributed by atoms with Crippen molar-refractivity contribution in [3.8, 4) is 22.6 Å². The Kier molecular flexibility index (Phi) is 1.81. The van der Waals surface area contributed by atoms with E-state index in [2.05, 4.69) is 49.4 Å². The van der Waals surface area contributed by atoms with Gasteiger partial charge in [-0.25, -0.2) is 0 Å². The van der Waals surface area contributed by atoms with Gasteiger partial charge >= 0.3 is 0 Å². The quantitative estimate of drug-likeness (QED) is 0.418. The zero-order valence-corrected chi connectivity index (χ0v) is 10.1. The van der Waals surface area contributed by atoms with Gasteiger partial charge in [0.2, 0.25) is 0 Å². The molecule has 0 aliphatic carbocycles. The van der Waals surface area contributed by atoms with E-state index in [0.717, 1.165) is 11.5 Å². The highest BCUT2D eigenvalue weighted by Crippen LogP contribution is 2.47. The first-order valence-electron chi connectivity index (χ1n) is 6.14. The molecule has 0 saturated carbocycles. The molecular weight excluding hydrogens is 220 g/mol. The molecule has 86 valence electrons. The number of hydrogen-bond acceptors (Lipinski definition) is 1. The fourth-order valence-electron chi connectivity index (χ4n) is 2.73. The molecular formula is C17H12O. The molecule has 1 aliphatic rings.